The molecule has 0 aromatic carbocycles. The fraction of sp³-hybridized carbons (Fsp3) is 0.733. The first-order valence-electron chi connectivity index (χ1n) is 7.19. The second-order valence-corrected chi connectivity index (χ2v) is 5.52. The molecule has 0 saturated carbocycles. The van der Waals surface area contributed by atoms with E-state index in [1.54, 1.807) is 27.0 Å². The summed E-state index contributed by atoms with van der Waals surface area (Å²) in [5.74, 6) is -0.676. The van der Waals surface area contributed by atoms with E-state index in [-0.39, 0.29) is 17.9 Å². The van der Waals surface area contributed by atoms with E-state index in [1.807, 2.05) is 13.8 Å². The molecule has 3 N–H and O–H groups in total. The number of nitrogens with zero attached hydrogens (tertiary/aromatic N) is 1. The van der Waals surface area contributed by atoms with Crippen molar-refractivity contribution in [3.05, 3.63) is 11.6 Å². The normalized spacial score (nSPS) is 16.3. The number of aliphatic hydroxyl groups is 1. The maximum atomic E-state index is 12.2. The fourth-order valence-electron chi connectivity index (χ4n) is 1.91. The number of aliphatic hydroxyl groups excluding tert-OH is 1. The molecule has 0 aliphatic carbocycles. The van der Waals surface area contributed by atoms with Crippen LogP contribution in [0.5, 0.6) is 0 Å². The number of hydrogen-bond acceptors (Lipinski definition) is 5. The number of carbonyl (C=O) groups is 2. The summed E-state index contributed by atoms with van der Waals surface area (Å²) in [6.07, 6.45) is 0.776. The number of carbonyl (C=O) groups excluding carboxylic acids is 2. The van der Waals surface area contributed by atoms with Gasteiger partial charge in [-0.25, -0.2) is 4.79 Å². The molecule has 0 rings (SSSR count). The summed E-state index contributed by atoms with van der Waals surface area (Å²) in [5, 5.41) is 9.44. The van der Waals surface area contributed by atoms with Crippen LogP contribution in [0.15, 0.2) is 11.6 Å². The lowest BCUT2D eigenvalue weighted by Gasteiger charge is -2.32. The quantitative estimate of drug-likeness (QED) is 0.533. The lowest BCUT2D eigenvalue weighted by atomic mass is 9.99. The number of amides is 1. The number of likely N-dealkylation sites (N-methyl/N-ethyl adjacent to an activating group) is 1. The molecular formula is C15H28N2O4. The molecule has 0 aromatic heterocycles. The van der Waals surface area contributed by atoms with E-state index >= 15 is 0 Å². The molecule has 6 nitrogen and oxygen atoms in total. The fourth-order valence-corrected chi connectivity index (χ4v) is 1.91. The largest absolute Gasteiger partial charge is 0.463 e. The summed E-state index contributed by atoms with van der Waals surface area (Å²) in [7, 11) is 1.62. The molecule has 0 heterocycles. The van der Waals surface area contributed by atoms with Gasteiger partial charge in [0.25, 0.3) is 0 Å². The van der Waals surface area contributed by atoms with Gasteiger partial charge >= 0.3 is 5.97 Å². The Balaban J connectivity index is 5.19. The van der Waals surface area contributed by atoms with Crippen molar-refractivity contribution in [2.75, 3.05) is 13.7 Å². The van der Waals surface area contributed by atoms with Gasteiger partial charge in [0.1, 0.15) is 6.04 Å². The zero-order valence-electron chi connectivity index (χ0n) is 13.8. The number of rotatable bonds is 7. The molecule has 0 radical (unpaired) electrons. The van der Waals surface area contributed by atoms with Crippen LogP contribution in [0.3, 0.4) is 0 Å². The van der Waals surface area contributed by atoms with Crippen molar-refractivity contribution >= 4 is 11.9 Å². The Morgan fingerprint density at radius 3 is 2.24 bits per heavy atom. The van der Waals surface area contributed by atoms with E-state index in [9.17, 15) is 14.7 Å². The number of nitrogens with two attached hydrogens (primary N) is 1. The van der Waals surface area contributed by atoms with Crippen LogP contribution >= 0.6 is 0 Å². The average Bonchev–Trinajstić information content (AvgIpc) is 2.41. The molecule has 0 aliphatic rings. The Kier molecular flexibility index (Phi) is 8.21. The van der Waals surface area contributed by atoms with Gasteiger partial charge in [0.15, 0.2) is 0 Å². The molecule has 122 valence electrons. The monoisotopic (exact) mass is 300 g/mol. The molecule has 0 saturated heterocycles. The van der Waals surface area contributed by atoms with Crippen molar-refractivity contribution < 1.29 is 19.4 Å². The molecule has 0 bridgehead atoms. The summed E-state index contributed by atoms with van der Waals surface area (Å²) in [5.41, 5.74) is 6.13. The standard InChI is InChI=1S/C15H28N2O4/c1-7-21-15(20)10(4)8-12(9(2)3)17(6)14(19)13(16)11(5)18/h8-9,11-13,18H,7,16H2,1-6H3/b10-8+/t11-,12+,13-/m0/s1. The van der Waals surface area contributed by atoms with Crippen LogP contribution < -0.4 is 5.73 Å². The molecule has 1 amide bonds. The third-order valence-corrected chi connectivity index (χ3v) is 3.30. The van der Waals surface area contributed by atoms with Crippen molar-refractivity contribution in [3.63, 3.8) is 0 Å². The molecule has 21 heavy (non-hydrogen) atoms. The minimum Gasteiger partial charge on any atom is -0.463 e. The van der Waals surface area contributed by atoms with Crippen LogP contribution in [0.4, 0.5) is 0 Å². The highest BCUT2D eigenvalue weighted by Gasteiger charge is 2.28. The zero-order valence-corrected chi connectivity index (χ0v) is 13.8. The Morgan fingerprint density at radius 1 is 1.33 bits per heavy atom. The third kappa shape index (κ3) is 5.85. The first-order valence-corrected chi connectivity index (χ1v) is 7.19. The van der Waals surface area contributed by atoms with Crippen LogP contribution in [0.25, 0.3) is 0 Å². The molecule has 0 fully saturated rings. The van der Waals surface area contributed by atoms with Crippen molar-refractivity contribution in [1.82, 2.24) is 4.90 Å². The highest BCUT2D eigenvalue weighted by atomic mass is 16.5. The second-order valence-electron chi connectivity index (χ2n) is 5.52. The minimum atomic E-state index is -0.979. The molecule has 0 spiro atoms. The molecule has 0 aromatic rings. The summed E-state index contributed by atoms with van der Waals surface area (Å²) in [6, 6.07) is -1.28. The number of hydrogen-bond donors (Lipinski definition) is 2. The van der Waals surface area contributed by atoms with E-state index in [0.717, 1.165) is 0 Å². The molecule has 0 unspecified atom stereocenters. The van der Waals surface area contributed by atoms with Crippen LogP contribution in [0.1, 0.15) is 34.6 Å². The highest BCUT2D eigenvalue weighted by molar-refractivity contribution is 5.88. The highest BCUT2D eigenvalue weighted by Crippen LogP contribution is 2.15. The van der Waals surface area contributed by atoms with E-state index in [1.165, 1.54) is 11.8 Å². The second kappa shape index (κ2) is 8.79. The maximum absolute atomic E-state index is 12.2. The van der Waals surface area contributed by atoms with Crippen LogP contribution in [0, 0.1) is 5.92 Å². The third-order valence-electron chi connectivity index (χ3n) is 3.30. The van der Waals surface area contributed by atoms with Gasteiger partial charge in [0.05, 0.1) is 18.8 Å². The Labute approximate surface area is 126 Å². The summed E-state index contributed by atoms with van der Waals surface area (Å²) in [4.78, 5) is 25.3. The first kappa shape index (κ1) is 19.6. The van der Waals surface area contributed by atoms with Gasteiger partial charge in [-0.3, -0.25) is 4.79 Å². The van der Waals surface area contributed by atoms with Crippen LogP contribution in [-0.2, 0) is 14.3 Å². The van der Waals surface area contributed by atoms with Gasteiger partial charge in [-0.15, -0.1) is 0 Å². The molecule has 0 aliphatic heterocycles. The summed E-state index contributed by atoms with van der Waals surface area (Å²) < 4.78 is 4.93. The van der Waals surface area contributed by atoms with Crippen molar-refractivity contribution in [1.29, 1.82) is 0 Å². The van der Waals surface area contributed by atoms with E-state index in [2.05, 4.69) is 0 Å². The van der Waals surface area contributed by atoms with Gasteiger partial charge in [0.2, 0.25) is 5.91 Å². The van der Waals surface area contributed by atoms with E-state index in [4.69, 9.17) is 10.5 Å². The van der Waals surface area contributed by atoms with Crippen molar-refractivity contribution in [3.8, 4) is 0 Å². The van der Waals surface area contributed by atoms with Gasteiger partial charge < -0.3 is 20.5 Å². The maximum Gasteiger partial charge on any atom is 0.333 e. The van der Waals surface area contributed by atoms with Gasteiger partial charge in [0, 0.05) is 12.6 Å². The topological polar surface area (TPSA) is 92.9 Å². The summed E-state index contributed by atoms with van der Waals surface area (Å²) in [6.45, 7) is 9.05. The summed E-state index contributed by atoms with van der Waals surface area (Å²) >= 11 is 0. The Bertz CT molecular complexity index is 391. The molecule has 3 atom stereocenters. The number of esters is 1. The van der Waals surface area contributed by atoms with Gasteiger partial charge in [-0.2, -0.15) is 0 Å². The first-order chi connectivity index (χ1) is 9.63. The SMILES string of the molecule is CCOC(=O)/C(C)=C/[C@H](C(C)C)N(C)C(=O)[C@@H](N)[C@H](C)O. The Hall–Kier alpha value is -1.40. The zero-order chi connectivity index (χ0) is 16.7. The Morgan fingerprint density at radius 2 is 1.86 bits per heavy atom. The number of ether oxygens (including phenoxy) is 1. The van der Waals surface area contributed by atoms with E-state index in [0.29, 0.717) is 12.2 Å². The van der Waals surface area contributed by atoms with Gasteiger partial charge in [-0.1, -0.05) is 19.9 Å². The van der Waals surface area contributed by atoms with Gasteiger partial charge in [-0.05, 0) is 26.7 Å². The minimum absolute atomic E-state index is 0.0875. The predicted octanol–water partition coefficient (Wildman–Crippen LogP) is 0.687. The van der Waals surface area contributed by atoms with Crippen LogP contribution in [-0.4, -0.2) is 53.7 Å². The lowest BCUT2D eigenvalue weighted by Crippen LogP contribution is -2.51. The molecule has 6 heteroatoms. The van der Waals surface area contributed by atoms with E-state index < -0.39 is 18.1 Å². The predicted molar refractivity (Wildman–Crippen MR) is 81.4 cm³/mol. The lowest BCUT2D eigenvalue weighted by molar-refractivity contribution is -0.139. The van der Waals surface area contributed by atoms with Crippen molar-refractivity contribution in [2.24, 2.45) is 11.7 Å². The smallest absolute Gasteiger partial charge is 0.333 e. The van der Waals surface area contributed by atoms with Crippen LogP contribution in [0.2, 0.25) is 0 Å². The van der Waals surface area contributed by atoms with Crippen molar-refractivity contribution in [2.45, 2.75) is 52.8 Å². The molecular weight excluding hydrogens is 272 g/mol. The average molecular weight is 300 g/mol.